The number of benzene rings is 1. The second-order valence-corrected chi connectivity index (χ2v) is 7.61. The molecule has 4 nitrogen and oxygen atoms in total. The summed E-state index contributed by atoms with van der Waals surface area (Å²) in [6.07, 6.45) is 1.99. The largest absolute Gasteiger partial charge is 0.323 e. The van der Waals surface area contributed by atoms with Crippen LogP contribution in [-0.2, 0) is 6.54 Å². The molecule has 1 saturated heterocycles. The second-order valence-electron chi connectivity index (χ2n) is 6.31. The third-order valence-corrected chi connectivity index (χ3v) is 5.77. The maximum absolute atomic E-state index is 5.96. The smallest absolute Gasteiger partial charge is 0.274 e. The fraction of sp³-hybridized carbons (Fsp3) is 0.263. The fourth-order valence-electron chi connectivity index (χ4n) is 3.19. The number of rotatable bonds is 4. The van der Waals surface area contributed by atoms with Crippen molar-refractivity contribution in [2.24, 2.45) is 0 Å². The minimum atomic E-state index is 0.763. The van der Waals surface area contributed by atoms with E-state index in [0.29, 0.717) is 0 Å². The zero-order valence-electron chi connectivity index (χ0n) is 13.9. The molecule has 1 fully saturated rings. The number of pyridine rings is 1. The Labute approximate surface area is 156 Å². The Hall–Kier alpha value is -1.95. The molecule has 0 saturated carbocycles. The minimum Gasteiger partial charge on any atom is -0.323 e. The van der Waals surface area contributed by atoms with Crippen molar-refractivity contribution in [2.45, 2.75) is 6.54 Å². The van der Waals surface area contributed by atoms with Crippen LogP contribution in [0.3, 0.4) is 0 Å². The molecule has 1 aliphatic rings. The van der Waals surface area contributed by atoms with Gasteiger partial charge < -0.3 is 4.90 Å². The zero-order valence-corrected chi connectivity index (χ0v) is 15.5. The fourth-order valence-corrected chi connectivity index (χ4v) is 4.14. The molecule has 0 atom stereocenters. The molecule has 1 aromatic carbocycles. The van der Waals surface area contributed by atoms with Crippen molar-refractivity contribution < 1.29 is 9.88 Å². The number of anilines is 1. The molecule has 1 aliphatic heterocycles. The Kier molecular flexibility index (Phi) is 4.97. The highest BCUT2D eigenvalue weighted by molar-refractivity contribution is 7.13. The molecule has 0 aliphatic carbocycles. The number of aromatic nitrogens is 2. The van der Waals surface area contributed by atoms with Crippen LogP contribution >= 0.6 is 22.9 Å². The predicted octanol–water partition coefficient (Wildman–Crippen LogP) is 2.18. The molecular formula is C19H21ClN4S+2. The molecule has 0 spiro atoms. The lowest BCUT2D eigenvalue weighted by atomic mass is 10.2. The summed E-state index contributed by atoms with van der Waals surface area (Å²) in [5, 5.41) is 4.02. The van der Waals surface area contributed by atoms with Gasteiger partial charge in [-0.2, -0.15) is 0 Å². The topological polar surface area (TPSA) is 34.7 Å². The molecule has 0 bridgehead atoms. The monoisotopic (exact) mass is 372 g/mol. The van der Waals surface area contributed by atoms with Crippen LogP contribution < -0.4 is 14.8 Å². The van der Waals surface area contributed by atoms with Crippen LogP contribution in [0.1, 0.15) is 5.69 Å². The summed E-state index contributed by atoms with van der Waals surface area (Å²) in [4.78, 5) is 12.2. The van der Waals surface area contributed by atoms with Crippen LogP contribution in [0, 0.1) is 0 Å². The van der Waals surface area contributed by atoms with Crippen LogP contribution in [0.25, 0.3) is 10.6 Å². The Morgan fingerprint density at radius 2 is 1.92 bits per heavy atom. The third kappa shape index (κ3) is 4.00. The van der Waals surface area contributed by atoms with Crippen LogP contribution in [0.2, 0.25) is 5.02 Å². The first-order valence-electron chi connectivity index (χ1n) is 8.53. The van der Waals surface area contributed by atoms with E-state index >= 15 is 0 Å². The van der Waals surface area contributed by atoms with Crippen LogP contribution in [0.4, 0.5) is 5.82 Å². The zero-order chi connectivity index (χ0) is 17.1. The van der Waals surface area contributed by atoms with E-state index in [2.05, 4.69) is 27.4 Å². The van der Waals surface area contributed by atoms with Gasteiger partial charge in [0.1, 0.15) is 43.4 Å². The minimum absolute atomic E-state index is 0.763. The first-order chi connectivity index (χ1) is 12.3. The van der Waals surface area contributed by atoms with Gasteiger partial charge in [-0.1, -0.05) is 29.8 Å². The Bertz CT molecular complexity index is 811. The normalized spacial score (nSPS) is 15.5. The molecule has 0 amide bonds. The van der Waals surface area contributed by atoms with Gasteiger partial charge in [0.2, 0.25) is 0 Å². The highest BCUT2D eigenvalue weighted by atomic mass is 35.5. The van der Waals surface area contributed by atoms with Crippen molar-refractivity contribution in [1.29, 1.82) is 0 Å². The molecule has 2 aromatic heterocycles. The van der Waals surface area contributed by atoms with Gasteiger partial charge in [0.15, 0.2) is 0 Å². The van der Waals surface area contributed by atoms with Crippen molar-refractivity contribution >= 4 is 28.8 Å². The summed E-state index contributed by atoms with van der Waals surface area (Å²) in [7, 11) is 0. The predicted molar refractivity (Wildman–Crippen MR) is 102 cm³/mol. The quantitative estimate of drug-likeness (QED) is 0.761. The van der Waals surface area contributed by atoms with Crippen molar-refractivity contribution in [1.82, 2.24) is 4.98 Å². The maximum Gasteiger partial charge on any atom is 0.274 e. The summed E-state index contributed by atoms with van der Waals surface area (Å²) in [6.45, 7) is 5.41. The van der Waals surface area contributed by atoms with Crippen molar-refractivity contribution in [3.05, 3.63) is 64.8 Å². The average molecular weight is 373 g/mol. The molecule has 4 rings (SSSR count). The number of piperazine rings is 1. The molecule has 0 radical (unpaired) electrons. The standard InChI is InChI=1S/C19H19ClN4S/c20-16-6-4-15(5-7-16)19-22-17(14-25-19)13-23-9-11-24(12-10-23)18-3-1-2-8-21-18/h1-8,14H,9-13H2/p+2. The molecular weight excluding hydrogens is 352 g/mol. The van der Waals surface area contributed by atoms with Gasteiger partial charge in [-0.15, -0.1) is 11.3 Å². The molecule has 128 valence electrons. The van der Waals surface area contributed by atoms with Gasteiger partial charge in [0.05, 0.1) is 6.20 Å². The summed E-state index contributed by atoms with van der Waals surface area (Å²) in [5.41, 5.74) is 2.32. The summed E-state index contributed by atoms with van der Waals surface area (Å²) in [6, 6.07) is 14.2. The van der Waals surface area contributed by atoms with Crippen molar-refractivity contribution in [2.75, 3.05) is 31.1 Å². The van der Waals surface area contributed by atoms with E-state index in [9.17, 15) is 0 Å². The van der Waals surface area contributed by atoms with Crippen LogP contribution in [-0.4, -0.2) is 31.2 Å². The lowest BCUT2D eigenvalue weighted by Gasteiger charge is -2.27. The summed E-state index contributed by atoms with van der Waals surface area (Å²) >= 11 is 7.67. The number of hydrogen-bond acceptors (Lipinski definition) is 3. The van der Waals surface area contributed by atoms with Crippen LogP contribution in [0.15, 0.2) is 54.0 Å². The number of nitrogens with one attached hydrogen (secondary N) is 2. The van der Waals surface area contributed by atoms with Gasteiger partial charge in [-0.05, 0) is 18.2 Å². The Morgan fingerprint density at radius 3 is 2.64 bits per heavy atom. The van der Waals surface area contributed by atoms with Gasteiger partial charge >= 0.3 is 0 Å². The molecule has 2 N–H and O–H groups in total. The number of aromatic amines is 1. The molecule has 25 heavy (non-hydrogen) atoms. The van der Waals surface area contributed by atoms with Crippen molar-refractivity contribution in [3.63, 3.8) is 0 Å². The summed E-state index contributed by atoms with van der Waals surface area (Å²) < 4.78 is 0. The number of nitrogens with zero attached hydrogens (tertiary/aromatic N) is 2. The average Bonchev–Trinajstić information content (AvgIpc) is 3.12. The lowest BCUT2D eigenvalue weighted by molar-refractivity contribution is -0.914. The Balaban J connectivity index is 1.35. The lowest BCUT2D eigenvalue weighted by Crippen LogP contribution is -3.13. The van der Waals surface area contributed by atoms with E-state index in [0.717, 1.165) is 48.3 Å². The van der Waals surface area contributed by atoms with E-state index in [1.807, 2.05) is 36.5 Å². The van der Waals surface area contributed by atoms with Gasteiger partial charge in [-0.3, -0.25) is 4.90 Å². The van der Waals surface area contributed by atoms with Gasteiger partial charge in [0, 0.05) is 22.0 Å². The Morgan fingerprint density at radius 1 is 1.12 bits per heavy atom. The molecule has 6 heteroatoms. The number of H-pyrrole nitrogens is 1. The number of thiazole rings is 1. The first kappa shape index (κ1) is 16.5. The van der Waals surface area contributed by atoms with E-state index in [4.69, 9.17) is 16.6 Å². The highest BCUT2D eigenvalue weighted by Crippen LogP contribution is 2.24. The molecule has 3 heterocycles. The molecule has 3 aromatic rings. The van der Waals surface area contributed by atoms with E-state index in [1.54, 1.807) is 16.2 Å². The number of halogens is 1. The second kappa shape index (κ2) is 7.52. The van der Waals surface area contributed by atoms with E-state index in [-0.39, 0.29) is 0 Å². The van der Waals surface area contributed by atoms with Gasteiger partial charge in [0.25, 0.3) is 5.82 Å². The SMILES string of the molecule is Clc1ccc(-c2nc(C[NH+]3CCN(c4cccc[nH+]4)CC3)cs2)cc1. The van der Waals surface area contributed by atoms with E-state index in [1.165, 1.54) is 11.5 Å². The van der Waals surface area contributed by atoms with Crippen LogP contribution in [0.5, 0.6) is 0 Å². The first-order valence-corrected chi connectivity index (χ1v) is 9.79. The number of hydrogen-bond donors (Lipinski definition) is 1. The molecule has 0 unspecified atom stereocenters. The summed E-state index contributed by atoms with van der Waals surface area (Å²) in [5.74, 6) is 1.21. The maximum atomic E-state index is 5.96. The third-order valence-electron chi connectivity index (χ3n) is 4.58. The highest BCUT2D eigenvalue weighted by Gasteiger charge is 2.26. The number of quaternary nitrogens is 1. The van der Waals surface area contributed by atoms with E-state index < -0.39 is 0 Å². The van der Waals surface area contributed by atoms with Gasteiger partial charge in [-0.25, -0.2) is 9.97 Å². The van der Waals surface area contributed by atoms with Crippen molar-refractivity contribution in [3.8, 4) is 10.6 Å².